The van der Waals surface area contributed by atoms with Crippen molar-refractivity contribution in [1.82, 2.24) is 0 Å². The molecule has 14 heavy (non-hydrogen) atoms. The number of fused-ring (bicyclic) bond motifs is 3. The van der Waals surface area contributed by atoms with Gasteiger partial charge in [0.05, 0.1) is 0 Å². The average Bonchev–Trinajstić information content (AvgIpc) is 2.54. The Morgan fingerprint density at radius 1 is 0.857 bits per heavy atom. The third-order valence-electron chi connectivity index (χ3n) is 2.34. The molecule has 3 rings (SSSR count). The van der Waals surface area contributed by atoms with E-state index in [2.05, 4.69) is 58.4 Å². The van der Waals surface area contributed by atoms with Crippen LogP contribution in [-0.2, 0) is 0 Å². The Bertz CT molecular complexity index is 610. The summed E-state index contributed by atoms with van der Waals surface area (Å²) in [6.45, 7) is 0. The topological polar surface area (TPSA) is 0 Å². The molecule has 0 aliphatic carbocycles. The van der Waals surface area contributed by atoms with E-state index in [9.17, 15) is 0 Å². The molecule has 0 fully saturated rings. The Morgan fingerprint density at radius 2 is 1.64 bits per heavy atom. The fraction of sp³-hybridized carbons (Fsp3) is 0. The summed E-state index contributed by atoms with van der Waals surface area (Å²) in [6.07, 6.45) is 0. The summed E-state index contributed by atoms with van der Waals surface area (Å²) in [7, 11) is 0. The molecule has 1 aromatic heterocycles. The summed E-state index contributed by atoms with van der Waals surface area (Å²) in [6, 6.07) is 15.4. The fourth-order valence-corrected chi connectivity index (χ4v) is 5.80. The molecule has 0 atom stereocenters. The van der Waals surface area contributed by atoms with E-state index in [1.807, 2.05) is 0 Å². The van der Waals surface area contributed by atoms with Crippen LogP contribution in [0.5, 0.6) is 0 Å². The van der Waals surface area contributed by atoms with Gasteiger partial charge in [0.2, 0.25) is 0 Å². The van der Waals surface area contributed by atoms with Gasteiger partial charge >= 0.3 is 101 Å². The summed E-state index contributed by atoms with van der Waals surface area (Å²) < 4.78 is 4.34. The van der Waals surface area contributed by atoms with Crippen molar-refractivity contribution in [2.45, 2.75) is 0 Å². The Labute approximate surface area is 100 Å². The quantitative estimate of drug-likeness (QED) is 0.536. The summed E-state index contributed by atoms with van der Waals surface area (Å²) in [4.78, 5) is 0. The molecule has 0 aliphatic heterocycles. The molecule has 0 saturated heterocycles. The van der Waals surface area contributed by atoms with Crippen molar-refractivity contribution in [2.75, 3.05) is 0 Å². The van der Waals surface area contributed by atoms with E-state index in [0.717, 1.165) is 0 Å². The second-order valence-corrected chi connectivity index (χ2v) is 7.25. The zero-order chi connectivity index (χ0) is 9.54. The average molecular weight is 359 g/mol. The summed E-state index contributed by atoms with van der Waals surface area (Å²) >= 11 is 3.40. The Balaban J connectivity index is 2.57. The maximum absolute atomic E-state index is 3.53. The van der Waals surface area contributed by atoms with Crippen LogP contribution in [0, 0.1) is 0 Å². The van der Waals surface area contributed by atoms with Crippen LogP contribution >= 0.6 is 15.9 Å². The van der Waals surface area contributed by atoms with Crippen molar-refractivity contribution in [3.63, 3.8) is 0 Å². The van der Waals surface area contributed by atoms with E-state index in [1.165, 1.54) is 15.2 Å². The van der Waals surface area contributed by atoms with Crippen molar-refractivity contribution in [3.05, 3.63) is 46.9 Å². The predicted molar refractivity (Wildman–Crippen MR) is 66.1 cm³/mol. The molecule has 2 heteroatoms. The molecular formula is C12H7BrTe. The van der Waals surface area contributed by atoms with Crippen molar-refractivity contribution in [1.29, 1.82) is 0 Å². The van der Waals surface area contributed by atoms with E-state index in [0.29, 0.717) is 0 Å². The Morgan fingerprint density at radius 3 is 2.57 bits per heavy atom. The number of rotatable bonds is 0. The third-order valence-corrected chi connectivity index (χ3v) is 6.07. The van der Waals surface area contributed by atoms with E-state index in [4.69, 9.17) is 0 Å². The Kier molecular flexibility index (Phi) is 2.17. The van der Waals surface area contributed by atoms with E-state index < -0.39 is 0 Å². The first-order valence-electron chi connectivity index (χ1n) is 4.41. The molecule has 0 saturated carbocycles. The third kappa shape index (κ3) is 1.34. The van der Waals surface area contributed by atoms with Crippen molar-refractivity contribution in [3.8, 4) is 0 Å². The number of halogens is 1. The first kappa shape index (κ1) is 8.97. The van der Waals surface area contributed by atoms with Gasteiger partial charge in [0.15, 0.2) is 0 Å². The minimum atomic E-state index is -0.129. The first-order chi connectivity index (χ1) is 6.84. The van der Waals surface area contributed by atoms with Crippen LogP contribution < -0.4 is 0 Å². The molecule has 0 radical (unpaired) electrons. The molecule has 0 amide bonds. The van der Waals surface area contributed by atoms with Gasteiger partial charge in [-0.1, -0.05) is 0 Å². The van der Waals surface area contributed by atoms with Crippen LogP contribution in [0.3, 0.4) is 0 Å². The number of benzene rings is 2. The van der Waals surface area contributed by atoms with E-state index in [1.54, 1.807) is 6.80 Å². The summed E-state index contributed by atoms with van der Waals surface area (Å²) in [5.41, 5.74) is 0. The van der Waals surface area contributed by atoms with Gasteiger partial charge in [-0.05, 0) is 0 Å². The molecule has 0 N–H and O–H groups in total. The zero-order valence-corrected chi connectivity index (χ0v) is 11.2. The van der Waals surface area contributed by atoms with Crippen LogP contribution in [0.1, 0.15) is 0 Å². The van der Waals surface area contributed by atoms with Crippen molar-refractivity contribution in [2.24, 2.45) is 0 Å². The zero-order valence-electron chi connectivity index (χ0n) is 7.33. The van der Waals surface area contributed by atoms with Gasteiger partial charge in [0, 0.05) is 0 Å². The van der Waals surface area contributed by atoms with Gasteiger partial charge in [-0.2, -0.15) is 0 Å². The van der Waals surface area contributed by atoms with Crippen LogP contribution in [-0.4, -0.2) is 20.4 Å². The number of hydrogen-bond donors (Lipinski definition) is 0. The van der Waals surface area contributed by atoms with Crippen LogP contribution in [0.4, 0.5) is 0 Å². The standard InChI is InChI=1S/C12H7BrTe/c13-8-5-6-10-9-3-1-2-4-11(9)14-12(10)7-8/h1-7H. The maximum atomic E-state index is 3.53. The number of hydrogen-bond acceptors (Lipinski definition) is 0. The molecule has 0 aliphatic rings. The monoisotopic (exact) mass is 360 g/mol. The Hall–Kier alpha value is -0.290. The van der Waals surface area contributed by atoms with Crippen LogP contribution in [0.2, 0.25) is 0 Å². The first-order valence-corrected chi connectivity index (χ1v) is 7.54. The van der Waals surface area contributed by atoms with Gasteiger partial charge in [-0.3, -0.25) is 0 Å². The predicted octanol–water partition coefficient (Wildman–Crippen LogP) is 3.81. The molecular weight excluding hydrogens is 352 g/mol. The summed E-state index contributed by atoms with van der Waals surface area (Å²) in [5.74, 6) is 0. The second-order valence-electron chi connectivity index (χ2n) is 3.24. The van der Waals surface area contributed by atoms with Gasteiger partial charge in [0.25, 0.3) is 0 Å². The normalized spacial score (nSPS) is 11.2. The van der Waals surface area contributed by atoms with Crippen molar-refractivity contribution < 1.29 is 0 Å². The molecule has 0 spiro atoms. The summed E-state index contributed by atoms with van der Waals surface area (Å²) in [5, 5.41) is 2.91. The SMILES string of the molecule is Brc1ccc2c(c1)[te]c1ccccc12. The van der Waals surface area contributed by atoms with E-state index in [-0.39, 0.29) is 20.4 Å². The fourth-order valence-electron chi connectivity index (χ4n) is 1.70. The molecule has 0 nitrogen and oxygen atoms in total. The molecule has 0 bridgehead atoms. The van der Waals surface area contributed by atoms with Gasteiger partial charge < -0.3 is 0 Å². The minimum absolute atomic E-state index is 0.129. The van der Waals surface area contributed by atoms with Gasteiger partial charge in [0.1, 0.15) is 0 Å². The molecule has 2 aromatic carbocycles. The van der Waals surface area contributed by atoms with Crippen LogP contribution in [0.25, 0.3) is 17.6 Å². The molecule has 3 aromatic rings. The van der Waals surface area contributed by atoms with Gasteiger partial charge in [-0.25, -0.2) is 0 Å². The molecule has 0 unspecified atom stereocenters. The molecule has 68 valence electrons. The van der Waals surface area contributed by atoms with Gasteiger partial charge in [-0.15, -0.1) is 0 Å². The van der Waals surface area contributed by atoms with E-state index >= 15 is 0 Å². The van der Waals surface area contributed by atoms with Crippen molar-refractivity contribution >= 4 is 53.9 Å². The molecule has 1 heterocycles. The van der Waals surface area contributed by atoms with Crippen LogP contribution in [0.15, 0.2) is 46.9 Å². The second kappa shape index (κ2) is 3.38.